The molecular formula is C11H10FNO3. The van der Waals surface area contributed by atoms with Gasteiger partial charge in [-0.3, -0.25) is 0 Å². The number of benzene rings is 1. The monoisotopic (exact) mass is 223 g/mol. The molecule has 1 aliphatic rings. The smallest absolute Gasteiger partial charge is 0.211 e. The predicted octanol–water partition coefficient (Wildman–Crippen LogP) is 1.67. The van der Waals surface area contributed by atoms with Gasteiger partial charge in [0.15, 0.2) is 11.5 Å². The summed E-state index contributed by atoms with van der Waals surface area (Å²) in [6, 6.07) is 3.53. The van der Waals surface area contributed by atoms with Crippen LogP contribution in [0.5, 0.6) is 17.2 Å². The van der Waals surface area contributed by atoms with Crippen LogP contribution in [0.2, 0.25) is 0 Å². The van der Waals surface area contributed by atoms with Crippen LogP contribution in [0.25, 0.3) is 0 Å². The van der Waals surface area contributed by atoms with Crippen LogP contribution in [-0.2, 0) is 6.42 Å². The number of rotatable bonds is 2. The maximum absolute atomic E-state index is 13.9. The van der Waals surface area contributed by atoms with Gasteiger partial charge in [0, 0.05) is 5.56 Å². The Labute approximate surface area is 92.1 Å². The summed E-state index contributed by atoms with van der Waals surface area (Å²) in [7, 11) is 1.36. The lowest BCUT2D eigenvalue weighted by Gasteiger charge is -2.21. The van der Waals surface area contributed by atoms with Gasteiger partial charge in [0.25, 0.3) is 0 Å². The molecule has 1 aromatic carbocycles. The molecule has 1 aliphatic heterocycles. The fourth-order valence-electron chi connectivity index (χ4n) is 1.62. The lowest BCUT2D eigenvalue weighted by atomic mass is 10.1. The van der Waals surface area contributed by atoms with E-state index in [0.29, 0.717) is 24.5 Å². The fourth-order valence-corrected chi connectivity index (χ4v) is 1.62. The van der Waals surface area contributed by atoms with Gasteiger partial charge in [-0.1, -0.05) is 0 Å². The average Bonchev–Trinajstić information content (AvgIpc) is 2.30. The highest BCUT2D eigenvalue weighted by atomic mass is 19.1. The number of halogens is 1. The minimum atomic E-state index is -0.607. The summed E-state index contributed by atoms with van der Waals surface area (Å²) >= 11 is 0. The van der Waals surface area contributed by atoms with Gasteiger partial charge in [0.2, 0.25) is 11.6 Å². The van der Waals surface area contributed by atoms with Crippen LogP contribution in [0.4, 0.5) is 4.39 Å². The first-order chi connectivity index (χ1) is 7.77. The molecular weight excluding hydrogens is 213 g/mol. The van der Waals surface area contributed by atoms with E-state index in [1.807, 2.05) is 6.07 Å². The minimum absolute atomic E-state index is 0.0470. The zero-order valence-corrected chi connectivity index (χ0v) is 8.75. The zero-order valence-electron chi connectivity index (χ0n) is 8.75. The molecule has 84 valence electrons. The molecule has 0 fully saturated rings. The van der Waals surface area contributed by atoms with E-state index in [2.05, 4.69) is 0 Å². The Balaban J connectivity index is 2.55. The van der Waals surface area contributed by atoms with Crippen LogP contribution in [0.1, 0.15) is 5.56 Å². The third-order valence-electron chi connectivity index (χ3n) is 2.28. The Morgan fingerprint density at radius 2 is 2.25 bits per heavy atom. The second-order valence-electron chi connectivity index (χ2n) is 3.24. The summed E-state index contributed by atoms with van der Waals surface area (Å²) in [6.45, 7) is 0.690. The summed E-state index contributed by atoms with van der Waals surface area (Å²) < 4.78 is 29.3. The van der Waals surface area contributed by atoms with Crippen LogP contribution in [0.3, 0.4) is 0 Å². The van der Waals surface area contributed by atoms with Crippen molar-refractivity contribution in [1.29, 1.82) is 5.26 Å². The van der Waals surface area contributed by atoms with Crippen LogP contribution in [0, 0.1) is 17.1 Å². The fraction of sp³-hybridized carbons (Fsp3) is 0.364. The number of nitrogens with zero attached hydrogens (tertiary/aromatic N) is 1. The number of methoxy groups -OCH3 is 1. The number of hydrogen-bond donors (Lipinski definition) is 0. The van der Waals surface area contributed by atoms with Gasteiger partial charge in [-0.05, 0) is 6.07 Å². The van der Waals surface area contributed by atoms with Crippen molar-refractivity contribution < 1.29 is 18.6 Å². The molecule has 1 heterocycles. The van der Waals surface area contributed by atoms with E-state index < -0.39 is 5.82 Å². The average molecular weight is 223 g/mol. The molecule has 2 rings (SSSR count). The van der Waals surface area contributed by atoms with Gasteiger partial charge in [0.1, 0.15) is 13.2 Å². The maximum Gasteiger partial charge on any atom is 0.211 e. The summed E-state index contributed by atoms with van der Waals surface area (Å²) in [5.74, 6) is -0.171. The van der Waals surface area contributed by atoms with Crippen molar-refractivity contribution in [2.24, 2.45) is 0 Å². The van der Waals surface area contributed by atoms with Crippen LogP contribution < -0.4 is 14.2 Å². The van der Waals surface area contributed by atoms with Crippen molar-refractivity contribution in [3.63, 3.8) is 0 Å². The molecule has 0 saturated carbocycles. The van der Waals surface area contributed by atoms with E-state index in [4.69, 9.17) is 19.5 Å². The normalized spacial score (nSPS) is 13.1. The van der Waals surface area contributed by atoms with Gasteiger partial charge < -0.3 is 14.2 Å². The largest absolute Gasteiger partial charge is 0.493 e. The van der Waals surface area contributed by atoms with Gasteiger partial charge in [-0.25, -0.2) is 0 Å². The zero-order chi connectivity index (χ0) is 11.5. The molecule has 0 amide bonds. The predicted molar refractivity (Wildman–Crippen MR) is 53.3 cm³/mol. The molecule has 4 nitrogen and oxygen atoms in total. The molecule has 0 bridgehead atoms. The first-order valence-electron chi connectivity index (χ1n) is 4.80. The summed E-state index contributed by atoms with van der Waals surface area (Å²) in [5.41, 5.74) is 0.465. The number of hydrogen-bond acceptors (Lipinski definition) is 4. The van der Waals surface area contributed by atoms with Gasteiger partial charge in [-0.15, -0.1) is 0 Å². The summed E-state index contributed by atoms with van der Waals surface area (Å²) in [4.78, 5) is 0. The van der Waals surface area contributed by atoms with E-state index in [9.17, 15) is 4.39 Å². The molecule has 5 heteroatoms. The number of ether oxygens (including phenoxy) is 3. The lowest BCUT2D eigenvalue weighted by molar-refractivity contribution is 0.162. The van der Waals surface area contributed by atoms with Crippen LogP contribution in [0.15, 0.2) is 6.07 Å². The Bertz CT molecular complexity index is 454. The third-order valence-corrected chi connectivity index (χ3v) is 2.28. The maximum atomic E-state index is 13.9. The molecule has 0 atom stereocenters. The number of nitriles is 1. The molecule has 0 saturated heterocycles. The molecule has 1 aromatic rings. The van der Waals surface area contributed by atoms with Crippen molar-refractivity contribution >= 4 is 0 Å². The molecule has 0 aromatic heterocycles. The quantitative estimate of drug-likeness (QED) is 0.765. The van der Waals surface area contributed by atoms with E-state index in [-0.39, 0.29) is 17.9 Å². The second-order valence-corrected chi connectivity index (χ2v) is 3.24. The molecule has 0 radical (unpaired) electrons. The Kier molecular flexibility index (Phi) is 2.82. The Morgan fingerprint density at radius 1 is 1.50 bits per heavy atom. The SMILES string of the molecule is COc1c(CC#N)cc2c(c1F)OCCO2. The van der Waals surface area contributed by atoms with Crippen molar-refractivity contribution in [3.05, 3.63) is 17.4 Å². The molecule has 0 N–H and O–H groups in total. The highest BCUT2D eigenvalue weighted by molar-refractivity contribution is 5.53. The van der Waals surface area contributed by atoms with E-state index in [0.717, 1.165) is 0 Å². The first kappa shape index (κ1) is 10.6. The standard InChI is InChI=1S/C11H10FNO3/c1-14-10-7(2-3-13)6-8-11(9(10)12)16-5-4-15-8/h6H,2,4-5H2,1H3. The van der Waals surface area contributed by atoms with E-state index in [1.54, 1.807) is 6.07 Å². The van der Waals surface area contributed by atoms with Crippen molar-refractivity contribution in [3.8, 4) is 23.3 Å². The minimum Gasteiger partial charge on any atom is -0.493 e. The molecule has 0 unspecified atom stereocenters. The van der Waals surface area contributed by atoms with Crippen LogP contribution in [-0.4, -0.2) is 20.3 Å². The first-order valence-corrected chi connectivity index (χ1v) is 4.80. The lowest BCUT2D eigenvalue weighted by Crippen LogP contribution is -2.17. The van der Waals surface area contributed by atoms with E-state index >= 15 is 0 Å². The van der Waals surface area contributed by atoms with Crippen LogP contribution >= 0.6 is 0 Å². The highest BCUT2D eigenvalue weighted by Gasteiger charge is 2.23. The summed E-state index contributed by atoms with van der Waals surface area (Å²) in [6.07, 6.45) is 0.0662. The number of fused-ring (bicyclic) bond motifs is 1. The Morgan fingerprint density at radius 3 is 2.94 bits per heavy atom. The van der Waals surface area contributed by atoms with Crippen molar-refractivity contribution in [2.45, 2.75) is 6.42 Å². The van der Waals surface area contributed by atoms with Crippen molar-refractivity contribution in [1.82, 2.24) is 0 Å². The van der Waals surface area contributed by atoms with Gasteiger partial charge >= 0.3 is 0 Å². The second kappa shape index (κ2) is 4.27. The van der Waals surface area contributed by atoms with Crippen molar-refractivity contribution in [2.75, 3.05) is 20.3 Å². The van der Waals surface area contributed by atoms with E-state index in [1.165, 1.54) is 7.11 Å². The molecule has 0 spiro atoms. The Hall–Kier alpha value is -1.96. The highest BCUT2D eigenvalue weighted by Crippen LogP contribution is 2.40. The molecule has 0 aliphatic carbocycles. The summed E-state index contributed by atoms with van der Waals surface area (Å²) in [5, 5.41) is 8.63. The van der Waals surface area contributed by atoms with Gasteiger partial charge in [0.05, 0.1) is 19.6 Å². The third kappa shape index (κ3) is 1.63. The van der Waals surface area contributed by atoms with Gasteiger partial charge in [-0.2, -0.15) is 9.65 Å². The molecule has 16 heavy (non-hydrogen) atoms. The topological polar surface area (TPSA) is 51.5 Å².